The number of phenolic OH excluding ortho intramolecular Hbond substituents is 2. The van der Waals surface area contributed by atoms with Crippen LogP contribution in [0.1, 0.15) is 137 Å². The zero-order chi connectivity index (χ0) is 98.1. The van der Waals surface area contributed by atoms with Gasteiger partial charge in [0.15, 0.2) is 0 Å². The number of benzene rings is 3. The molecule has 3 aromatic carbocycles. The maximum absolute atomic E-state index is 14.7. The molecule has 720 valence electrons. The van der Waals surface area contributed by atoms with E-state index in [-0.39, 0.29) is 60.9 Å². The highest BCUT2D eigenvalue weighted by Crippen LogP contribution is 2.20. The monoisotopic (exact) mass is 1840 g/mol. The molecule has 0 spiro atoms. The highest BCUT2D eigenvalue weighted by molar-refractivity contribution is 6.06. The fraction of sp³-hybridized carbons (Fsp3) is 0.523. The van der Waals surface area contributed by atoms with E-state index in [1.807, 2.05) is 0 Å². The van der Waals surface area contributed by atoms with Crippen LogP contribution in [0.2, 0.25) is 0 Å². The Morgan fingerprint density at radius 1 is 0.412 bits per heavy atom. The van der Waals surface area contributed by atoms with Crippen molar-refractivity contribution in [1.82, 2.24) is 84.3 Å². The number of aliphatic hydroxyl groups is 4. The Kier molecular flexibility index (Phi) is 45.9. The summed E-state index contributed by atoms with van der Waals surface area (Å²) >= 11 is 0. The number of amides is 15. The molecule has 45 heteroatoms. The van der Waals surface area contributed by atoms with Gasteiger partial charge in [0.2, 0.25) is 88.6 Å². The molecule has 131 heavy (non-hydrogen) atoms. The third-order valence-corrected chi connectivity index (χ3v) is 20.7. The fourth-order valence-corrected chi connectivity index (χ4v) is 12.9. The van der Waals surface area contributed by atoms with Crippen molar-refractivity contribution in [3.8, 4) is 11.5 Å². The van der Waals surface area contributed by atoms with Gasteiger partial charge in [-0.1, -0.05) is 101 Å². The number of aliphatic carboxylic acids is 3. The molecule has 1 heterocycles. The number of carboxylic acids is 3. The first-order valence-electron chi connectivity index (χ1n) is 42.4. The molecule has 15 amide bonds. The van der Waals surface area contributed by atoms with Gasteiger partial charge in [0.25, 0.3) is 5.56 Å². The van der Waals surface area contributed by atoms with Crippen LogP contribution < -0.4 is 91.0 Å². The smallest absolute Gasteiger partial charge is 0.305 e. The number of aliphatic hydroxyl groups excluding tert-OH is 4. The van der Waals surface area contributed by atoms with Crippen LogP contribution in [0.3, 0.4) is 0 Å². The van der Waals surface area contributed by atoms with Gasteiger partial charge in [-0.15, -0.1) is 0 Å². The molecule has 1 aromatic heterocycles. The maximum atomic E-state index is 14.7. The number of aromatic nitrogens is 1. The van der Waals surface area contributed by atoms with E-state index in [2.05, 4.69) is 79.8 Å². The normalized spacial score (nSPS) is 14.9. The Balaban J connectivity index is 1.55. The van der Waals surface area contributed by atoms with Crippen LogP contribution in [0.15, 0.2) is 108 Å². The quantitative estimate of drug-likeness (QED) is 0.0145. The third-order valence-electron chi connectivity index (χ3n) is 20.7. The van der Waals surface area contributed by atoms with Gasteiger partial charge in [-0.2, -0.15) is 0 Å². The predicted octanol–water partition coefficient (Wildman–Crippen LogP) is -5.65. The maximum Gasteiger partial charge on any atom is 0.305 e. The summed E-state index contributed by atoms with van der Waals surface area (Å²) in [5.74, 6) is -23.6. The van der Waals surface area contributed by atoms with Gasteiger partial charge < -0.3 is 136 Å². The molecule has 4 aromatic rings. The van der Waals surface area contributed by atoms with Crippen LogP contribution >= 0.6 is 0 Å². The molecule has 16 atom stereocenters. The lowest BCUT2D eigenvalue weighted by molar-refractivity contribution is -0.144. The summed E-state index contributed by atoms with van der Waals surface area (Å²) in [6.45, 7) is 9.46. The van der Waals surface area contributed by atoms with Gasteiger partial charge in [0.05, 0.1) is 44.8 Å². The second-order valence-corrected chi connectivity index (χ2v) is 32.5. The lowest BCUT2D eigenvalue weighted by atomic mass is 9.90. The Labute approximate surface area is 754 Å². The molecule has 0 radical (unpaired) electrons. The molecule has 4 rings (SSSR count). The van der Waals surface area contributed by atoms with Crippen molar-refractivity contribution < 1.29 is 132 Å². The van der Waals surface area contributed by atoms with Crippen molar-refractivity contribution in [2.75, 3.05) is 32.8 Å². The molecule has 0 fully saturated rings. The van der Waals surface area contributed by atoms with Gasteiger partial charge in [0.1, 0.15) is 89.4 Å². The van der Waals surface area contributed by atoms with Gasteiger partial charge >= 0.3 is 17.9 Å². The molecule has 0 unspecified atom stereocenters. The van der Waals surface area contributed by atoms with Crippen LogP contribution in [0, 0.1) is 17.3 Å². The summed E-state index contributed by atoms with van der Waals surface area (Å²) in [4.78, 5) is 259. The number of aromatic hydroxyl groups is 2. The molecule has 26 N–H and O–H groups in total. The number of unbranched alkanes of at least 4 members (excludes halogenated alkanes) is 1. The van der Waals surface area contributed by atoms with Gasteiger partial charge in [-0.25, -0.2) is 0 Å². The number of nitrogens with two attached hydrogens (primary N) is 1. The Morgan fingerprint density at radius 3 is 1.28 bits per heavy atom. The van der Waals surface area contributed by atoms with E-state index in [0.29, 0.717) is 36.9 Å². The predicted molar refractivity (Wildman–Crippen MR) is 466 cm³/mol. The number of nitrogens with one attached hydrogen (secondary N) is 15. The number of hydrogen-bond donors (Lipinski definition) is 25. The summed E-state index contributed by atoms with van der Waals surface area (Å²) in [7, 11) is 0. The molecule has 0 bridgehead atoms. The standard InChI is InChI=1S/C86H123N17O28/c1-10-46(4)69(81(127)95-58(39-52-24-28-54(109)29-25-52)75(121)91-56(36-45(2)3)74(120)93-60(40-67(114)115)73(119)90-47(5)18-14-16-32-87)101-80(126)63(44-105)97-76(122)57(38-51-22-26-53(108)27-23-51)92-77(123)61(41-68(116)117)94-79(125)62(43-104)98-83(129)71(49(7)107)102-78(124)59(37-50-19-12-11-13-20-50)96-82(128)70(48(6)106)100-64(110)42-89-72(118)55(30-31-66(112)113)99-85(131)86(8,9)84(130)88-33-35-103-34-17-15-21-65(103)111/h11-13,15,17,19-29,34,45-49,55-63,69-71,104-109H,10,14,16,18,30-33,35-44,87H2,1-9H3,(H,88,130)(H,89,118)(H,90,119)(H,91,121)(H,92,123)(H,93,120)(H,94,125)(H,95,127)(H,96,128)(H,97,122)(H,98,129)(H,99,131)(H,100,110)(H,101,126)(H,102,124)(H,112,113)(H,114,115)(H,116,117)/t46-,47+,48+,49+,55-,56-,57-,58-,59-,60-,61-,62-,63-,69-,70-,71-/m0/s1. The summed E-state index contributed by atoms with van der Waals surface area (Å²) in [5.41, 5.74) is 4.21. The number of rotatable bonds is 57. The summed E-state index contributed by atoms with van der Waals surface area (Å²) < 4.78 is 1.29. The Hall–Kier alpha value is -13.5. The number of hydrogen-bond acceptors (Lipinski definition) is 26. The van der Waals surface area contributed by atoms with Crippen LogP contribution in [0.25, 0.3) is 0 Å². The van der Waals surface area contributed by atoms with Crippen LogP contribution in [0.5, 0.6) is 11.5 Å². The summed E-state index contributed by atoms with van der Waals surface area (Å²) in [5, 5.41) is 128. The van der Waals surface area contributed by atoms with E-state index in [9.17, 15) is 137 Å². The Bertz CT molecular complexity index is 4630. The molecule has 0 saturated carbocycles. The minimum atomic E-state index is -2.23. The van der Waals surface area contributed by atoms with Gasteiger partial charge in [-0.3, -0.25) is 91.1 Å². The minimum Gasteiger partial charge on any atom is -0.508 e. The lowest BCUT2D eigenvalue weighted by Gasteiger charge is -2.30. The second kappa shape index (κ2) is 54.7. The first-order valence-corrected chi connectivity index (χ1v) is 42.4. The fourth-order valence-electron chi connectivity index (χ4n) is 12.9. The third kappa shape index (κ3) is 38.0. The first kappa shape index (κ1) is 110. The number of carbonyl (C=O) groups is 18. The highest BCUT2D eigenvalue weighted by Gasteiger charge is 2.42. The summed E-state index contributed by atoms with van der Waals surface area (Å²) in [6, 6.07) is -0.116. The number of pyridine rings is 1. The minimum absolute atomic E-state index is 0.0257. The van der Waals surface area contributed by atoms with E-state index < -0.39 is 267 Å². The average Bonchev–Trinajstić information content (AvgIpc) is 0.837. The van der Waals surface area contributed by atoms with Crippen molar-refractivity contribution in [3.63, 3.8) is 0 Å². The number of carbonyl (C=O) groups excluding carboxylic acids is 15. The van der Waals surface area contributed by atoms with E-state index in [1.165, 1.54) is 104 Å². The van der Waals surface area contributed by atoms with E-state index in [4.69, 9.17) is 5.73 Å². The van der Waals surface area contributed by atoms with Crippen molar-refractivity contribution in [2.24, 2.45) is 23.0 Å². The van der Waals surface area contributed by atoms with Crippen molar-refractivity contribution in [2.45, 2.75) is 237 Å². The summed E-state index contributed by atoms with van der Waals surface area (Å²) in [6.07, 6.45) is -5.09. The van der Waals surface area contributed by atoms with Gasteiger partial charge in [0, 0.05) is 57.1 Å². The molecular weight excluding hydrogens is 1720 g/mol. The lowest BCUT2D eigenvalue weighted by Crippen LogP contribution is -2.63. The second-order valence-electron chi connectivity index (χ2n) is 32.5. The molecule has 0 saturated heterocycles. The topological polar surface area (TPSA) is 718 Å². The van der Waals surface area contributed by atoms with Crippen molar-refractivity contribution in [1.29, 1.82) is 0 Å². The SMILES string of the molecule is CC[C@H](C)[C@H](NC(=O)[C@H](CO)NC(=O)[C@H](Cc1ccc(O)cc1)NC(=O)[C@H](CC(=O)O)NC(=O)[C@H](CO)NC(=O)[C@@H](NC(=O)[C@H](Cc1ccccc1)NC(=O)[C@@H](NC(=O)CNC(=O)[C@H](CCC(=O)O)NC(=O)C(C)(C)C(=O)NCCn1ccccc1=O)[C@@H](C)O)[C@@H](C)O)C(=O)N[C@@H](Cc1ccc(O)cc1)C(=O)N[C@@H](CC(C)C)C(=O)N[C@@H](CC(=O)O)C(=O)N[C@H](C)CCCCN. The zero-order valence-corrected chi connectivity index (χ0v) is 74.2. The van der Waals surface area contributed by atoms with Crippen LogP contribution in [0.4, 0.5) is 0 Å². The number of nitrogens with zero attached hydrogens (tertiary/aromatic N) is 1. The molecule has 0 aliphatic heterocycles. The molecule has 0 aliphatic carbocycles. The Morgan fingerprint density at radius 2 is 0.817 bits per heavy atom. The van der Waals surface area contributed by atoms with E-state index in [0.717, 1.165) is 13.8 Å². The zero-order valence-electron chi connectivity index (χ0n) is 74.2. The van der Waals surface area contributed by atoms with E-state index >= 15 is 0 Å². The molecular formula is C86H123N17O28. The largest absolute Gasteiger partial charge is 0.508 e. The van der Waals surface area contributed by atoms with Gasteiger partial charge in [-0.05, 0) is 126 Å². The molecule has 0 aliphatic rings. The number of carboxylic acid groups (broad SMARTS) is 3. The average molecular weight is 1840 g/mol. The molecule has 45 nitrogen and oxygen atoms in total. The number of phenols is 2. The van der Waals surface area contributed by atoms with Crippen molar-refractivity contribution in [3.05, 3.63) is 130 Å². The first-order chi connectivity index (χ1) is 61.7. The van der Waals surface area contributed by atoms with E-state index in [1.54, 1.807) is 52.0 Å². The highest BCUT2D eigenvalue weighted by atomic mass is 16.4. The van der Waals surface area contributed by atoms with Crippen LogP contribution in [-0.2, 0) is 112 Å². The van der Waals surface area contributed by atoms with Crippen LogP contribution in [-0.4, -0.2) is 281 Å². The van der Waals surface area contributed by atoms with Crippen molar-refractivity contribution >= 4 is 107 Å².